The minimum atomic E-state index is -0.273. The lowest BCUT2D eigenvalue weighted by atomic mass is 10.1. The Balaban J connectivity index is 1.22. The van der Waals surface area contributed by atoms with E-state index >= 15 is 0 Å². The van der Waals surface area contributed by atoms with Gasteiger partial charge in [0.1, 0.15) is 5.69 Å². The molecule has 1 heterocycles. The molecule has 5 nitrogen and oxygen atoms in total. The second kappa shape index (κ2) is 7.04. The van der Waals surface area contributed by atoms with Crippen molar-refractivity contribution in [2.75, 3.05) is 13.1 Å². The van der Waals surface area contributed by atoms with Crippen molar-refractivity contribution in [2.24, 2.45) is 5.92 Å². The van der Waals surface area contributed by atoms with Crippen molar-refractivity contribution in [3.8, 4) is 0 Å². The van der Waals surface area contributed by atoms with Crippen molar-refractivity contribution < 1.29 is 9.59 Å². The van der Waals surface area contributed by atoms with Crippen LogP contribution in [0.3, 0.4) is 0 Å². The van der Waals surface area contributed by atoms with Crippen LogP contribution >= 0.6 is 0 Å². The van der Waals surface area contributed by atoms with Crippen molar-refractivity contribution in [3.05, 3.63) is 71.9 Å². The molecule has 26 heavy (non-hydrogen) atoms. The van der Waals surface area contributed by atoms with Crippen LogP contribution in [-0.2, 0) is 4.79 Å². The number of para-hydroxylation sites is 1. The maximum Gasteiger partial charge on any atom is 0.268 e. The van der Waals surface area contributed by atoms with E-state index < -0.39 is 0 Å². The van der Waals surface area contributed by atoms with Gasteiger partial charge in [-0.3, -0.25) is 9.59 Å². The van der Waals surface area contributed by atoms with Crippen LogP contribution in [-0.4, -0.2) is 29.9 Å². The van der Waals surface area contributed by atoms with Crippen LogP contribution in [0.2, 0.25) is 0 Å². The lowest BCUT2D eigenvalue weighted by Gasteiger charge is -2.06. The van der Waals surface area contributed by atoms with Crippen LogP contribution in [0.25, 0.3) is 10.9 Å². The molecule has 1 aliphatic rings. The first-order valence-electron chi connectivity index (χ1n) is 8.88. The van der Waals surface area contributed by atoms with Crippen LogP contribution in [0.1, 0.15) is 28.4 Å². The Labute approximate surface area is 151 Å². The number of carbonyl (C=O) groups is 2. The van der Waals surface area contributed by atoms with E-state index in [4.69, 9.17) is 0 Å². The maximum atomic E-state index is 12.2. The molecule has 132 valence electrons. The standard InChI is InChI=1S/C21H21N3O2/c25-20(22-12-16-10-17(16)14-6-2-1-3-7-14)13-23-21(26)19-11-15-8-4-5-9-18(15)24-19/h1-9,11,16-17,24H,10,12-13H2,(H,22,25)(H,23,26)/t16-,17+/m1/s1. The van der Waals surface area contributed by atoms with Gasteiger partial charge in [0.2, 0.25) is 5.91 Å². The van der Waals surface area contributed by atoms with E-state index in [1.807, 2.05) is 42.5 Å². The molecule has 3 N–H and O–H groups in total. The number of amides is 2. The van der Waals surface area contributed by atoms with Gasteiger partial charge in [-0.05, 0) is 36.0 Å². The first kappa shape index (κ1) is 16.4. The molecule has 4 rings (SSSR count). The predicted molar refractivity (Wildman–Crippen MR) is 101 cm³/mol. The molecule has 1 fully saturated rings. The number of H-pyrrole nitrogens is 1. The van der Waals surface area contributed by atoms with E-state index in [-0.39, 0.29) is 18.4 Å². The van der Waals surface area contributed by atoms with Gasteiger partial charge >= 0.3 is 0 Å². The zero-order chi connectivity index (χ0) is 17.9. The fraction of sp³-hybridized carbons (Fsp3) is 0.238. The van der Waals surface area contributed by atoms with Gasteiger partial charge < -0.3 is 15.6 Å². The fourth-order valence-electron chi connectivity index (χ4n) is 3.34. The highest BCUT2D eigenvalue weighted by molar-refractivity contribution is 5.99. The molecule has 2 aromatic carbocycles. The van der Waals surface area contributed by atoms with Crippen molar-refractivity contribution in [1.29, 1.82) is 0 Å². The number of carbonyl (C=O) groups excluding carboxylic acids is 2. The molecule has 1 aromatic heterocycles. The number of hydrogen-bond acceptors (Lipinski definition) is 2. The highest BCUT2D eigenvalue weighted by Gasteiger charge is 2.37. The van der Waals surface area contributed by atoms with E-state index in [1.165, 1.54) is 5.56 Å². The third-order valence-corrected chi connectivity index (χ3v) is 4.90. The van der Waals surface area contributed by atoms with Crippen molar-refractivity contribution in [2.45, 2.75) is 12.3 Å². The molecule has 2 amide bonds. The third-order valence-electron chi connectivity index (χ3n) is 4.90. The van der Waals surface area contributed by atoms with E-state index in [9.17, 15) is 9.59 Å². The van der Waals surface area contributed by atoms with E-state index in [0.29, 0.717) is 24.1 Å². The molecule has 0 saturated heterocycles. The number of aromatic nitrogens is 1. The van der Waals surface area contributed by atoms with Crippen LogP contribution in [0, 0.1) is 5.92 Å². The molecule has 0 spiro atoms. The molecule has 0 unspecified atom stereocenters. The second-order valence-corrected chi connectivity index (χ2v) is 6.77. The SMILES string of the molecule is O=C(CNC(=O)c1cc2ccccc2[nH]1)NC[C@H]1C[C@H]1c1ccccc1. The van der Waals surface area contributed by atoms with Gasteiger partial charge in [0.05, 0.1) is 6.54 Å². The molecule has 2 atom stereocenters. The fourth-order valence-corrected chi connectivity index (χ4v) is 3.34. The summed E-state index contributed by atoms with van der Waals surface area (Å²) >= 11 is 0. The number of benzene rings is 2. The summed E-state index contributed by atoms with van der Waals surface area (Å²) in [5.74, 6) is 0.598. The zero-order valence-electron chi connectivity index (χ0n) is 14.4. The first-order valence-corrected chi connectivity index (χ1v) is 8.88. The zero-order valence-corrected chi connectivity index (χ0v) is 14.4. The number of nitrogens with one attached hydrogen (secondary N) is 3. The van der Waals surface area contributed by atoms with Gasteiger partial charge in [-0.1, -0.05) is 48.5 Å². The molecule has 3 aromatic rings. The molecular formula is C21H21N3O2. The molecule has 0 aliphatic heterocycles. The average Bonchev–Trinajstić information content (AvgIpc) is 3.33. The molecule has 0 radical (unpaired) electrons. The topological polar surface area (TPSA) is 74.0 Å². The molecular weight excluding hydrogens is 326 g/mol. The largest absolute Gasteiger partial charge is 0.354 e. The molecule has 5 heteroatoms. The maximum absolute atomic E-state index is 12.2. The molecule has 1 aliphatic carbocycles. The van der Waals surface area contributed by atoms with Crippen LogP contribution in [0.4, 0.5) is 0 Å². The Hall–Kier alpha value is -3.08. The Morgan fingerprint density at radius 3 is 2.58 bits per heavy atom. The third kappa shape index (κ3) is 3.61. The number of rotatable bonds is 6. The van der Waals surface area contributed by atoms with Gasteiger partial charge in [0.25, 0.3) is 5.91 Å². The van der Waals surface area contributed by atoms with E-state index in [1.54, 1.807) is 6.07 Å². The van der Waals surface area contributed by atoms with Gasteiger partial charge in [0.15, 0.2) is 0 Å². The Morgan fingerprint density at radius 1 is 1.00 bits per heavy atom. The lowest BCUT2D eigenvalue weighted by molar-refractivity contribution is -0.120. The minimum Gasteiger partial charge on any atom is -0.354 e. The summed E-state index contributed by atoms with van der Waals surface area (Å²) in [4.78, 5) is 27.2. The molecule has 0 bridgehead atoms. The highest BCUT2D eigenvalue weighted by Crippen LogP contribution is 2.46. The summed E-state index contributed by atoms with van der Waals surface area (Å²) in [7, 11) is 0. The van der Waals surface area contributed by atoms with Crippen molar-refractivity contribution in [1.82, 2.24) is 15.6 Å². The number of aromatic amines is 1. The first-order chi connectivity index (χ1) is 12.7. The van der Waals surface area contributed by atoms with Gasteiger partial charge in [-0.2, -0.15) is 0 Å². The van der Waals surface area contributed by atoms with Crippen LogP contribution in [0.5, 0.6) is 0 Å². The second-order valence-electron chi connectivity index (χ2n) is 6.77. The van der Waals surface area contributed by atoms with Crippen LogP contribution < -0.4 is 10.6 Å². The van der Waals surface area contributed by atoms with Gasteiger partial charge in [-0.15, -0.1) is 0 Å². The normalized spacial score (nSPS) is 18.5. The van der Waals surface area contributed by atoms with E-state index in [2.05, 4.69) is 27.8 Å². The summed E-state index contributed by atoms with van der Waals surface area (Å²) in [5.41, 5.74) is 2.70. The Kier molecular flexibility index (Phi) is 4.44. The smallest absolute Gasteiger partial charge is 0.268 e. The summed E-state index contributed by atoms with van der Waals surface area (Å²) in [6, 6.07) is 19.8. The van der Waals surface area contributed by atoms with Crippen molar-refractivity contribution >= 4 is 22.7 Å². The molecule has 1 saturated carbocycles. The summed E-state index contributed by atoms with van der Waals surface area (Å²) in [6.07, 6.45) is 1.10. The predicted octanol–water partition coefficient (Wildman–Crippen LogP) is 2.82. The quantitative estimate of drug-likeness (QED) is 0.641. The Bertz CT molecular complexity index is 900. The monoisotopic (exact) mass is 347 g/mol. The highest BCUT2D eigenvalue weighted by atomic mass is 16.2. The summed E-state index contributed by atoms with van der Waals surface area (Å²) < 4.78 is 0. The Morgan fingerprint density at radius 2 is 1.77 bits per heavy atom. The van der Waals surface area contributed by atoms with Crippen molar-refractivity contribution in [3.63, 3.8) is 0 Å². The summed E-state index contributed by atoms with van der Waals surface area (Å²) in [6.45, 7) is 0.636. The summed E-state index contributed by atoms with van der Waals surface area (Å²) in [5, 5.41) is 6.55. The van der Waals surface area contributed by atoms with E-state index in [0.717, 1.165) is 17.3 Å². The number of fused-ring (bicyclic) bond motifs is 1. The van der Waals surface area contributed by atoms with Gasteiger partial charge in [0, 0.05) is 17.4 Å². The average molecular weight is 347 g/mol. The lowest BCUT2D eigenvalue weighted by Crippen LogP contribution is -2.37. The number of hydrogen-bond donors (Lipinski definition) is 3. The van der Waals surface area contributed by atoms with Gasteiger partial charge in [-0.25, -0.2) is 0 Å². The van der Waals surface area contributed by atoms with Crippen LogP contribution in [0.15, 0.2) is 60.7 Å². The minimum absolute atomic E-state index is 0.0169.